The molecular weight excluding hydrogens is 229 g/mol. The highest BCUT2D eigenvalue weighted by molar-refractivity contribution is 5.19. The molecule has 0 aromatic heterocycles. The highest BCUT2D eigenvalue weighted by atomic mass is 19.1. The van der Waals surface area contributed by atoms with Crippen LogP contribution in [0.4, 0.5) is 4.39 Å². The van der Waals surface area contributed by atoms with Gasteiger partial charge in [0.25, 0.3) is 0 Å². The van der Waals surface area contributed by atoms with E-state index in [0.29, 0.717) is 13.1 Å². The number of aliphatic hydroxyl groups excluding tert-OH is 1. The van der Waals surface area contributed by atoms with Crippen molar-refractivity contribution in [2.24, 2.45) is 0 Å². The first kappa shape index (κ1) is 12.7. The predicted molar refractivity (Wildman–Crippen MR) is 69.5 cm³/mol. The Labute approximate surface area is 106 Å². The summed E-state index contributed by atoms with van der Waals surface area (Å²) in [5.74, 6) is -0.289. The van der Waals surface area contributed by atoms with Gasteiger partial charge in [0.05, 0.1) is 6.10 Å². The number of aliphatic hydroxyl groups is 1. The molecule has 0 spiro atoms. The van der Waals surface area contributed by atoms with Crippen molar-refractivity contribution in [2.45, 2.75) is 12.6 Å². The monoisotopic (exact) mass is 245 g/mol. The van der Waals surface area contributed by atoms with Crippen molar-refractivity contribution in [2.75, 3.05) is 6.54 Å². The summed E-state index contributed by atoms with van der Waals surface area (Å²) in [4.78, 5) is 0. The molecule has 2 rings (SSSR count). The molecule has 0 radical (unpaired) electrons. The van der Waals surface area contributed by atoms with E-state index in [1.165, 1.54) is 17.7 Å². The highest BCUT2D eigenvalue weighted by Gasteiger charge is 2.06. The Morgan fingerprint density at radius 1 is 1.00 bits per heavy atom. The average Bonchev–Trinajstić information content (AvgIpc) is 2.40. The SMILES string of the molecule is O[C@H](CNCc1ccccc1)c1ccc(F)cc1. The minimum Gasteiger partial charge on any atom is -0.387 e. The van der Waals surface area contributed by atoms with E-state index in [9.17, 15) is 9.50 Å². The molecule has 1 atom stereocenters. The van der Waals surface area contributed by atoms with E-state index < -0.39 is 6.10 Å². The molecule has 0 aliphatic heterocycles. The van der Waals surface area contributed by atoms with Crippen LogP contribution in [-0.4, -0.2) is 11.7 Å². The molecule has 0 aliphatic rings. The molecule has 3 heteroatoms. The molecule has 0 amide bonds. The van der Waals surface area contributed by atoms with E-state index >= 15 is 0 Å². The average molecular weight is 245 g/mol. The summed E-state index contributed by atoms with van der Waals surface area (Å²) >= 11 is 0. The Bertz CT molecular complexity index is 470. The molecule has 2 aromatic rings. The standard InChI is InChI=1S/C15H16FNO/c16-14-8-6-13(7-9-14)15(18)11-17-10-12-4-2-1-3-5-12/h1-9,15,17-18H,10-11H2/t15-/m1/s1. The van der Waals surface area contributed by atoms with Crippen molar-refractivity contribution >= 4 is 0 Å². The van der Waals surface area contributed by atoms with Crippen LogP contribution in [0.2, 0.25) is 0 Å². The van der Waals surface area contributed by atoms with Crippen molar-refractivity contribution in [3.05, 3.63) is 71.5 Å². The van der Waals surface area contributed by atoms with Crippen LogP contribution in [0.25, 0.3) is 0 Å². The molecule has 18 heavy (non-hydrogen) atoms. The Morgan fingerprint density at radius 3 is 2.33 bits per heavy atom. The van der Waals surface area contributed by atoms with Crippen LogP contribution in [0, 0.1) is 5.82 Å². The topological polar surface area (TPSA) is 32.3 Å². The largest absolute Gasteiger partial charge is 0.387 e. The van der Waals surface area contributed by atoms with E-state index in [1.54, 1.807) is 12.1 Å². The second kappa shape index (κ2) is 6.28. The summed E-state index contributed by atoms with van der Waals surface area (Å²) in [6.07, 6.45) is -0.616. The third-order valence-electron chi connectivity index (χ3n) is 2.76. The number of nitrogens with one attached hydrogen (secondary N) is 1. The van der Waals surface area contributed by atoms with Crippen LogP contribution >= 0.6 is 0 Å². The quantitative estimate of drug-likeness (QED) is 0.848. The van der Waals surface area contributed by atoms with E-state index in [0.717, 1.165) is 5.56 Å². The van der Waals surface area contributed by atoms with Gasteiger partial charge in [-0.15, -0.1) is 0 Å². The maximum absolute atomic E-state index is 12.7. The van der Waals surface area contributed by atoms with Gasteiger partial charge in [-0.2, -0.15) is 0 Å². The summed E-state index contributed by atoms with van der Waals surface area (Å²) in [5.41, 5.74) is 1.89. The minimum atomic E-state index is -0.616. The Hall–Kier alpha value is -1.71. The minimum absolute atomic E-state index is 0.289. The zero-order chi connectivity index (χ0) is 12.8. The Balaban J connectivity index is 1.81. The van der Waals surface area contributed by atoms with Crippen molar-refractivity contribution in [3.8, 4) is 0 Å². The lowest BCUT2D eigenvalue weighted by molar-refractivity contribution is 0.174. The third kappa shape index (κ3) is 3.65. The van der Waals surface area contributed by atoms with Crippen molar-refractivity contribution in [1.29, 1.82) is 0 Å². The third-order valence-corrected chi connectivity index (χ3v) is 2.76. The maximum atomic E-state index is 12.7. The molecule has 0 saturated carbocycles. The zero-order valence-corrected chi connectivity index (χ0v) is 10.0. The summed E-state index contributed by atoms with van der Waals surface area (Å²) in [6.45, 7) is 1.15. The van der Waals surface area contributed by atoms with Crippen LogP contribution in [0.1, 0.15) is 17.2 Å². The fourth-order valence-corrected chi connectivity index (χ4v) is 1.75. The van der Waals surface area contributed by atoms with Crippen LogP contribution in [0.3, 0.4) is 0 Å². The first-order valence-corrected chi connectivity index (χ1v) is 5.94. The van der Waals surface area contributed by atoms with Crippen LogP contribution in [0.15, 0.2) is 54.6 Å². The van der Waals surface area contributed by atoms with Gasteiger partial charge in [-0.25, -0.2) is 4.39 Å². The second-order valence-corrected chi connectivity index (χ2v) is 4.18. The highest BCUT2D eigenvalue weighted by Crippen LogP contribution is 2.12. The van der Waals surface area contributed by atoms with Crippen molar-refractivity contribution in [1.82, 2.24) is 5.32 Å². The van der Waals surface area contributed by atoms with Gasteiger partial charge in [-0.1, -0.05) is 42.5 Å². The molecule has 0 aliphatic carbocycles. The smallest absolute Gasteiger partial charge is 0.123 e. The first-order chi connectivity index (χ1) is 8.75. The summed E-state index contributed by atoms with van der Waals surface area (Å²) in [5, 5.41) is 13.1. The van der Waals surface area contributed by atoms with Gasteiger partial charge in [0.1, 0.15) is 5.82 Å². The molecule has 0 heterocycles. The van der Waals surface area contributed by atoms with Gasteiger partial charge < -0.3 is 10.4 Å². The number of hydrogen-bond acceptors (Lipinski definition) is 2. The first-order valence-electron chi connectivity index (χ1n) is 5.94. The Morgan fingerprint density at radius 2 is 1.67 bits per heavy atom. The second-order valence-electron chi connectivity index (χ2n) is 4.18. The maximum Gasteiger partial charge on any atom is 0.123 e. The van der Waals surface area contributed by atoms with E-state index in [2.05, 4.69) is 5.32 Å². The lowest BCUT2D eigenvalue weighted by Gasteiger charge is -2.12. The fourth-order valence-electron chi connectivity index (χ4n) is 1.75. The van der Waals surface area contributed by atoms with Gasteiger partial charge in [0, 0.05) is 13.1 Å². The van der Waals surface area contributed by atoms with Gasteiger partial charge >= 0.3 is 0 Å². The van der Waals surface area contributed by atoms with Crippen LogP contribution in [-0.2, 0) is 6.54 Å². The van der Waals surface area contributed by atoms with E-state index in [1.807, 2.05) is 30.3 Å². The summed E-state index contributed by atoms with van der Waals surface area (Å²) < 4.78 is 12.7. The lowest BCUT2D eigenvalue weighted by Crippen LogP contribution is -2.21. The molecule has 94 valence electrons. The molecule has 0 saturated heterocycles. The summed E-state index contributed by atoms with van der Waals surface area (Å²) in [6, 6.07) is 15.9. The van der Waals surface area contributed by atoms with Gasteiger partial charge in [0.15, 0.2) is 0 Å². The van der Waals surface area contributed by atoms with Gasteiger partial charge in [-0.3, -0.25) is 0 Å². The van der Waals surface area contributed by atoms with Crippen LogP contribution < -0.4 is 5.32 Å². The molecule has 2 aromatic carbocycles. The number of halogens is 1. The Kier molecular flexibility index (Phi) is 4.45. The van der Waals surface area contributed by atoms with Crippen LogP contribution in [0.5, 0.6) is 0 Å². The fraction of sp³-hybridized carbons (Fsp3) is 0.200. The molecule has 2 N–H and O–H groups in total. The van der Waals surface area contributed by atoms with Crippen molar-refractivity contribution in [3.63, 3.8) is 0 Å². The zero-order valence-electron chi connectivity index (χ0n) is 10.0. The normalized spacial score (nSPS) is 12.3. The number of benzene rings is 2. The molecular formula is C15H16FNO. The molecule has 0 fully saturated rings. The predicted octanol–water partition coefficient (Wildman–Crippen LogP) is 2.65. The van der Waals surface area contributed by atoms with Gasteiger partial charge in [0.2, 0.25) is 0 Å². The van der Waals surface area contributed by atoms with Crippen molar-refractivity contribution < 1.29 is 9.50 Å². The van der Waals surface area contributed by atoms with Gasteiger partial charge in [-0.05, 0) is 23.3 Å². The van der Waals surface area contributed by atoms with E-state index in [-0.39, 0.29) is 5.82 Å². The number of hydrogen-bond donors (Lipinski definition) is 2. The number of rotatable bonds is 5. The summed E-state index contributed by atoms with van der Waals surface area (Å²) in [7, 11) is 0. The molecule has 0 bridgehead atoms. The lowest BCUT2D eigenvalue weighted by atomic mass is 10.1. The molecule has 2 nitrogen and oxygen atoms in total. The molecule has 0 unspecified atom stereocenters. The van der Waals surface area contributed by atoms with E-state index in [4.69, 9.17) is 0 Å².